The fourth-order valence-corrected chi connectivity index (χ4v) is 3.32. The Morgan fingerprint density at radius 3 is 3.00 bits per heavy atom. The standard InChI is InChI=1S/C14H15FN2O2S/c15-9-1-2-11-12(7-9)16-13(17-14(11)18)8-20-10-3-5-19-6-4-10/h1-2,7,10H,3-6,8H2,(H,16,17,18). The number of nitrogens with zero attached hydrogens (tertiary/aromatic N) is 1. The fraction of sp³-hybridized carbons (Fsp3) is 0.429. The van der Waals surface area contributed by atoms with Gasteiger partial charge in [-0.3, -0.25) is 4.79 Å². The van der Waals surface area contributed by atoms with Crippen LogP contribution in [-0.4, -0.2) is 28.4 Å². The fourth-order valence-electron chi connectivity index (χ4n) is 2.27. The lowest BCUT2D eigenvalue weighted by Gasteiger charge is -2.21. The maximum absolute atomic E-state index is 13.2. The summed E-state index contributed by atoms with van der Waals surface area (Å²) in [6, 6.07) is 4.04. The van der Waals surface area contributed by atoms with Gasteiger partial charge in [0, 0.05) is 24.5 Å². The van der Waals surface area contributed by atoms with Crippen molar-refractivity contribution in [1.82, 2.24) is 9.97 Å². The van der Waals surface area contributed by atoms with Crippen LogP contribution in [0.5, 0.6) is 0 Å². The van der Waals surface area contributed by atoms with E-state index >= 15 is 0 Å². The van der Waals surface area contributed by atoms with Crippen LogP contribution >= 0.6 is 11.8 Å². The quantitative estimate of drug-likeness (QED) is 0.945. The summed E-state index contributed by atoms with van der Waals surface area (Å²) in [5.41, 5.74) is 0.203. The summed E-state index contributed by atoms with van der Waals surface area (Å²) < 4.78 is 18.5. The van der Waals surface area contributed by atoms with Gasteiger partial charge in [0.05, 0.1) is 16.7 Å². The maximum atomic E-state index is 13.2. The highest BCUT2D eigenvalue weighted by molar-refractivity contribution is 7.99. The number of halogens is 1. The van der Waals surface area contributed by atoms with Gasteiger partial charge in [0.25, 0.3) is 5.56 Å². The van der Waals surface area contributed by atoms with Crippen LogP contribution in [-0.2, 0) is 10.5 Å². The molecule has 1 N–H and O–H groups in total. The number of aromatic nitrogens is 2. The number of nitrogens with one attached hydrogen (secondary N) is 1. The lowest BCUT2D eigenvalue weighted by Crippen LogP contribution is -2.18. The molecule has 0 amide bonds. The SMILES string of the molecule is O=c1[nH]c(CSC2CCOCC2)nc2cc(F)ccc12. The molecule has 20 heavy (non-hydrogen) atoms. The Balaban J connectivity index is 1.79. The first-order valence-electron chi connectivity index (χ1n) is 6.60. The molecule has 1 aliphatic rings. The molecule has 0 saturated carbocycles. The van der Waals surface area contributed by atoms with Crippen LogP contribution in [0.25, 0.3) is 10.9 Å². The third-order valence-corrected chi connectivity index (χ3v) is 4.72. The summed E-state index contributed by atoms with van der Waals surface area (Å²) in [5.74, 6) is 0.857. The van der Waals surface area contributed by atoms with Gasteiger partial charge in [0.1, 0.15) is 11.6 Å². The predicted octanol–water partition coefficient (Wildman–Crippen LogP) is 2.47. The molecular weight excluding hydrogens is 279 g/mol. The second-order valence-corrected chi connectivity index (χ2v) is 6.09. The zero-order valence-corrected chi connectivity index (χ0v) is 11.7. The number of aromatic amines is 1. The van der Waals surface area contributed by atoms with Crippen molar-refractivity contribution in [1.29, 1.82) is 0 Å². The second kappa shape index (κ2) is 5.93. The Labute approximate surface area is 119 Å². The minimum atomic E-state index is -0.376. The van der Waals surface area contributed by atoms with Crippen molar-refractivity contribution in [2.45, 2.75) is 23.8 Å². The molecule has 106 valence electrons. The molecule has 1 aromatic heterocycles. The van der Waals surface area contributed by atoms with E-state index in [1.54, 1.807) is 11.8 Å². The van der Waals surface area contributed by atoms with Crippen LogP contribution < -0.4 is 5.56 Å². The smallest absolute Gasteiger partial charge is 0.258 e. The van der Waals surface area contributed by atoms with Gasteiger partial charge in [-0.2, -0.15) is 11.8 Å². The largest absolute Gasteiger partial charge is 0.381 e. The summed E-state index contributed by atoms with van der Waals surface area (Å²) in [4.78, 5) is 19.0. The van der Waals surface area contributed by atoms with Crippen molar-refractivity contribution < 1.29 is 9.13 Å². The van der Waals surface area contributed by atoms with Crippen molar-refractivity contribution in [2.75, 3.05) is 13.2 Å². The zero-order chi connectivity index (χ0) is 13.9. The number of thioether (sulfide) groups is 1. The van der Waals surface area contributed by atoms with Gasteiger partial charge in [-0.1, -0.05) is 0 Å². The number of rotatable bonds is 3. The van der Waals surface area contributed by atoms with Crippen LogP contribution in [0.4, 0.5) is 4.39 Å². The van der Waals surface area contributed by atoms with Gasteiger partial charge in [0.2, 0.25) is 0 Å². The van der Waals surface area contributed by atoms with E-state index in [9.17, 15) is 9.18 Å². The molecule has 1 fully saturated rings. The van der Waals surface area contributed by atoms with Crippen LogP contribution in [0, 0.1) is 5.82 Å². The van der Waals surface area contributed by atoms with E-state index in [2.05, 4.69) is 9.97 Å². The van der Waals surface area contributed by atoms with Gasteiger partial charge >= 0.3 is 0 Å². The van der Waals surface area contributed by atoms with Crippen molar-refractivity contribution in [3.05, 3.63) is 40.2 Å². The molecule has 4 nitrogen and oxygen atoms in total. The first kappa shape index (κ1) is 13.6. The number of hydrogen-bond donors (Lipinski definition) is 1. The highest BCUT2D eigenvalue weighted by Gasteiger charge is 2.15. The molecule has 6 heteroatoms. The van der Waals surface area contributed by atoms with E-state index in [0.29, 0.717) is 27.7 Å². The van der Waals surface area contributed by atoms with Crippen molar-refractivity contribution >= 4 is 22.7 Å². The van der Waals surface area contributed by atoms with E-state index in [0.717, 1.165) is 26.1 Å². The van der Waals surface area contributed by atoms with E-state index in [1.165, 1.54) is 18.2 Å². The number of H-pyrrole nitrogens is 1. The lowest BCUT2D eigenvalue weighted by molar-refractivity contribution is 0.1000. The lowest BCUT2D eigenvalue weighted by atomic mass is 10.2. The molecule has 1 aliphatic heterocycles. The van der Waals surface area contributed by atoms with Gasteiger partial charge < -0.3 is 9.72 Å². The highest BCUT2D eigenvalue weighted by atomic mass is 32.2. The topological polar surface area (TPSA) is 55.0 Å². The molecule has 2 heterocycles. The first-order chi connectivity index (χ1) is 9.72. The summed E-state index contributed by atoms with van der Waals surface area (Å²) in [7, 11) is 0. The van der Waals surface area contributed by atoms with E-state index < -0.39 is 0 Å². The van der Waals surface area contributed by atoms with E-state index in [1.807, 2.05) is 0 Å². The number of benzene rings is 1. The third kappa shape index (κ3) is 3.02. The second-order valence-electron chi connectivity index (χ2n) is 4.80. The normalized spacial score (nSPS) is 16.6. The first-order valence-corrected chi connectivity index (χ1v) is 7.65. The molecule has 0 unspecified atom stereocenters. The summed E-state index contributed by atoms with van der Waals surface area (Å²) in [6.07, 6.45) is 2.05. The van der Waals surface area contributed by atoms with E-state index in [-0.39, 0.29) is 11.4 Å². The van der Waals surface area contributed by atoms with Gasteiger partial charge in [-0.05, 0) is 25.0 Å². The zero-order valence-electron chi connectivity index (χ0n) is 10.9. The summed E-state index contributed by atoms with van der Waals surface area (Å²) >= 11 is 1.77. The number of ether oxygens (including phenoxy) is 1. The third-order valence-electron chi connectivity index (χ3n) is 3.34. The van der Waals surface area contributed by atoms with Crippen molar-refractivity contribution in [2.24, 2.45) is 0 Å². The Morgan fingerprint density at radius 2 is 2.20 bits per heavy atom. The highest BCUT2D eigenvalue weighted by Crippen LogP contribution is 2.24. The van der Waals surface area contributed by atoms with E-state index in [4.69, 9.17) is 4.74 Å². The summed E-state index contributed by atoms with van der Waals surface area (Å²) in [6.45, 7) is 1.59. The molecule has 0 radical (unpaired) electrons. The van der Waals surface area contributed by atoms with Gasteiger partial charge in [0.15, 0.2) is 0 Å². The molecule has 0 spiro atoms. The maximum Gasteiger partial charge on any atom is 0.258 e. The van der Waals surface area contributed by atoms with Crippen LogP contribution in [0.2, 0.25) is 0 Å². The molecular formula is C14H15FN2O2S. The average molecular weight is 294 g/mol. The Bertz CT molecular complexity index is 668. The Morgan fingerprint density at radius 1 is 1.40 bits per heavy atom. The van der Waals surface area contributed by atoms with Crippen LogP contribution in [0.1, 0.15) is 18.7 Å². The van der Waals surface area contributed by atoms with Gasteiger partial charge in [-0.25, -0.2) is 9.37 Å². The number of fused-ring (bicyclic) bond motifs is 1. The molecule has 0 atom stereocenters. The Kier molecular flexibility index (Phi) is 4.03. The van der Waals surface area contributed by atoms with Crippen LogP contribution in [0.15, 0.2) is 23.0 Å². The average Bonchev–Trinajstić information content (AvgIpc) is 2.46. The molecule has 2 aromatic rings. The van der Waals surface area contributed by atoms with Crippen LogP contribution in [0.3, 0.4) is 0 Å². The minimum absolute atomic E-state index is 0.211. The Hall–Kier alpha value is -1.40. The molecule has 1 saturated heterocycles. The molecule has 1 aromatic carbocycles. The predicted molar refractivity (Wildman–Crippen MR) is 77.5 cm³/mol. The minimum Gasteiger partial charge on any atom is -0.381 e. The van der Waals surface area contributed by atoms with Crippen molar-refractivity contribution in [3.8, 4) is 0 Å². The van der Waals surface area contributed by atoms with Crippen molar-refractivity contribution in [3.63, 3.8) is 0 Å². The molecule has 3 rings (SSSR count). The number of hydrogen-bond acceptors (Lipinski definition) is 4. The molecule has 0 aliphatic carbocycles. The van der Waals surface area contributed by atoms with Gasteiger partial charge in [-0.15, -0.1) is 0 Å². The molecule has 0 bridgehead atoms. The summed E-state index contributed by atoms with van der Waals surface area (Å²) in [5, 5.41) is 0.962. The monoisotopic (exact) mass is 294 g/mol.